The smallest absolute Gasteiger partial charge is 0.174 e. The fraction of sp³-hybridized carbons (Fsp3) is 0.0714. The Morgan fingerprint density at radius 3 is 2.63 bits per heavy atom. The van der Waals surface area contributed by atoms with E-state index in [0.29, 0.717) is 5.56 Å². The molecule has 0 saturated carbocycles. The van der Waals surface area contributed by atoms with Gasteiger partial charge >= 0.3 is 0 Å². The summed E-state index contributed by atoms with van der Waals surface area (Å²) in [4.78, 5) is 5.46. The molecule has 0 aliphatic rings. The summed E-state index contributed by atoms with van der Waals surface area (Å²) < 4.78 is 5.11. The molecule has 0 amide bonds. The Hall–Kier alpha value is -1.90. The first-order valence-corrected chi connectivity index (χ1v) is 7.27. The van der Waals surface area contributed by atoms with Gasteiger partial charge in [0.05, 0.1) is 11.6 Å². The average molecular weight is 283 g/mol. The third-order valence-corrected chi connectivity index (χ3v) is 4.63. The van der Waals surface area contributed by atoms with E-state index in [4.69, 9.17) is 5.26 Å². The summed E-state index contributed by atoms with van der Waals surface area (Å²) in [6.07, 6.45) is 0. The number of aryl methyl sites for hydroxylation is 1. The first-order valence-electron chi connectivity index (χ1n) is 5.68. The van der Waals surface area contributed by atoms with Crippen LogP contribution in [0.25, 0.3) is 10.8 Å². The minimum atomic E-state index is 0.702. The Labute approximate surface area is 119 Å². The first kappa shape index (κ1) is 12.2. The van der Waals surface area contributed by atoms with Crippen molar-refractivity contribution in [3.8, 4) is 6.07 Å². The van der Waals surface area contributed by atoms with Gasteiger partial charge in [-0.15, -0.1) is 0 Å². The summed E-state index contributed by atoms with van der Waals surface area (Å²) >= 11 is 2.99. The van der Waals surface area contributed by atoms with Crippen molar-refractivity contribution in [3.05, 3.63) is 47.8 Å². The van der Waals surface area contributed by atoms with Crippen molar-refractivity contribution in [1.82, 2.24) is 9.36 Å². The molecular formula is C14H9N3S2. The highest BCUT2D eigenvalue weighted by Gasteiger charge is 2.09. The number of aromatic nitrogens is 2. The third-order valence-electron chi connectivity index (χ3n) is 2.71. The van der Waals surface area contributed by atoms with Gasteiger partial charge in [0.25, 0.3) is 0 Å². The van der Waals surface area contributed by atoms with Crippen LogP contribution in [0.5, 0.6) is 0 Å². The minimum absolute atomic E-state index is 0.702. The Balaban J connectivity index is 2.12. The largest absolute Gasteiger partial charge is 0.213 e. The van der Waals surface area contributed by atoms with Crippen LogP contribution in [0.3, 0.4) is 0 Å². The number of nitriles is 1. The number of rotatable bonds is 2. The van der Waals surface area contributed by atoms with E-state index in [2.05, 4.69) is 15.4 Å². The number of benzene rings is 2. The van der Waals surface area contributed by atoms with Crippen LogP contribution < -0.4 is 0 Å². The van der Waals surface area contributed by atoms with Crippen LogP contribution in [0, 0.1) is 18.3 Å². The van der Waals surface area contributed by atoms with Crippen molar-refractivity contribution in [3.63, 3.8) is 0 Å². The molecule has 0 radical (unpaired) electrons. The molecule has 0 spiro atoms. The molecule has 5 heteroatoms. The highest BCUT2D eigenvalue weighted by molar-refractivity contribution is 8.01. The molecule has 19 heavy (non-hydrogen) atoms. The van der Waals surface area contributed by atoms with E-state index in [1.54, 1.807) is 11.8 Å². The lowest BCUT2D eigenvalue weighted by molar-refractivity contribution is 1.10. The molecule has 2 aromatic carbocycles. The summed E-state index contributed by atoms with van der Waals surface area (Å²) in [5.41, 5.74) is 0.702. The summed E-state index contributed by atoms with van der Waals surface area (Å²) in [7, 11) is 0. The Morgan fingerprint density at radius 2 is 1.95 bits per heavy atom. The lowest BCUT2D eigenvalue weighted by Gasteiger charge is -2.05. The van der Waals surface area contributed by atoms with Crippen molar-refractivity contribution < 1.29 is 0 Å². The second-order valence-corrected chi connectivity index (χ2v) is 6.02. The van der Waals surface area contributed by atoms with Gasteiger partial charge in [0.15, 0.2) is 4.34 Å². The van der Waals surface area contributed by atoms with Gasteiger partial charge in [-0.25, -0.2) is 4.98 Å². The number of hydrogen-bond acceptors (Lipinski definition) is 5. The topological polar surface area (TPSA) is 49.6 Å². The molecule has 0 atom stereocenters. The fourth-order valence-corrected chi connectivity index (χ4v) is 3.62. The molecular weight excluding hydrogens is 274 g/mol. The van der Waals surface area contributed by atoms with Gasteiger partial charge in [0, 0.05) is 10.3 Å². The van der Waals surface area contributed by atoms with E-state index in [1.807, 2.05) is 43.3 Å². The van der Waals surface area contributed by atoms with E-state index in [1.165, 1.54) is 11.5 Å². The van der Waals surface area contributed by atoms with Crippen molar-refractivity contribution in [2.24, 2.45) is 0 Å². The van der Waals surface area contributed by atoms with Gasteiger partial charge < -0.3 is 0 Å². The Bertz CT molecular complexity index is 787. The van der Waals surface area contributed by atoms with Gasteiger partial charge in [0.2, 0.25) is 0 Å². The molecule has 0 aliphatic carbocycles. The zero-order chi connectivity index (χ0) is 13.2. The molecule has 0 N–H and O–H groups in total. The van der Waals surface area contributed by atoms with E-state index in [9.17, 15) is 0 Å². The van der Waals surface area contributed by atoms with Crippen molar-refractivity contribution >= 4 is 34.1 Å². The molecule has 1 aromatic heterocycles. The molecule has 3 nitrogen and oxygen atoms in total. The van der Waals surface area contributed by atoms with Crippen molar-refractivity contribution in [1.29, 1.82) is 5.26 Å². The summed E-state index contributed by atoms with van der Waals surface area (Å²) in [5, 5.41) is 11.2. The molecule has 0 aliphatic heterocycles. The predicted octanol–water partition coefficient (Wildman–Crippen LogP) is 4.02. The van der Waals surface area contributed by atoms with Gasteiger partial charge in [-0.1, -0.05) is 36.0 Å². The molecule has 0 saturated heterocycles. The zero-order valence-electron chi connectivity index (χ0n) is 10.1. The molecule has 1 heterocycles. The molecule has 0 fully saturated rings. The molecule has 92 valence electrons. The van der Waals surface area contributed by atoms with Crippen LogP contribution in [0.1, 0.15) is 11.4 Å². The van der Waals surface area contributed by atoms with E-state index in [-0.39, 0.29) is 0 Å². The number of nitrogens with zero attached hydrogens (tertiary/aromatic N) is 3. The van der Waals surface area contributed by atoms with Crippen LogP contribution in [0.4, 0.5) is 0 Å². The SMILES string of the molecule is Cc1nsc(Sc2ccc(C#N)c3ccccc23)n1. The maximum atomic E-state index is 9.14. The van der Waals surface area contributed by atoms with Gasteiger partial charge in [-0.2, -0.15) is 9.64 Å². The molecule has 0 unspecified atom stereocenters. The van der Waals surface area contributed by atoms with Gasteiger partial charge in [0.1, 0.15) is 5.82 Å². The average Bonchev–Trinajstić information content (AvgIpc) is 2.85. The van der Waals surface area contributed by atoms with Crippen LogP contribution in [0.15, 0.2) is 45.6 Å². The second-order valence-electron chi connectivity index (χ2n) is 3.98. The molecule has 3 aromatic rings. The quantitative estimate of drug-likeness (QED) is 0.712. The van der Waals surface area contributed by atoms with Crippen LogP contribution >= 0.6 is 23.3 Å². The Kier molecular flexibility index (Phi) is 3.20. The summed E-state index contributed by atoms with van der Waals surface area (Å²) in [6.45, 7) is 1.89. The van der Waals surface area contributed by atoms with Gasteiger partial charge in [-0.05, 0) is 36.0 Å². The van der Waals surface area contributed by atoms with E-state index < -0.39 is 0 Å². The standard InChI is InChI=1S/C14H9N3S2/c1-9-16-14(19-17-9)18-13-7-6-10(8-15)11-4-2-3-5-12(11)13/h2-7H,1H3. The maximum Gasteiger partial charge on any atom is 0.174 e. The van der Waals surface area contributed by atoms with E-state index in [0.717, 1.165) is 25.8 Å². The highest BCUT2D eigenvalue weighted by Crippen LogP contribution is 2.35. The minimum Gasteiger partial charge on any atom is -0.213 e. The number of fused-ring (bicyclic) bond motifs is 1. The third kappa shape index (κ3) is 2.33. The second kappa shape index (κ2) is 5.00. The lowest BCUT2D eigenvalue weighted by Crippen LogP contribution is -1.83. The monoisotopic (exact) mass is 283 g/mol. The van der Waals surface area contributed by atoms with Crippen LogP contribution in [0.2, 0.25) is 0 Å². The van der Waals surface area contributed by atoms with Crippen LogP contribution in [-0.2, 0) is 0 Å². The van der Waals surface area contributed by atoms with Gasteiger partial charge in [-0.3, -0.25) is 0 Å². The normalized spacial score (nSPS) is 10.5. The fourth-order valence-electron chi connectivity index (χ4n) is 1.87. The Morgan fingerprint density at radius 1 is 1.16 bits per heavy atom. The van der Waals surface area contributed by atoms with Crippen molar-refractivity contribution in [2.45, 2.75) is 16.2 Å². The molecule has 3 rings (SSSR count). The number of hydrogen-bond donors (Lipinski definition) is 0. The summed E-state index contributed by atoms with van der Waals surface area (Å²) in [6, 6.07) is 14.0. The highest BCUT2D eigenvalue weighted by atomic mass is 32.2. The van der Waals surface area contributed by atoms with Crippen LogP contribution in [-0.4, -0.2) is 9.36 Å². The summed E-state index contributed by atoms with van der Waals surface area (Å²) in [5.74, 6) is 0.797. The zero-order valence-corrected chi connectivity index (χ0v) is 11.8. The predicted molar refractivity (Wildman–Crippen MR) is 77.4 cm³/mol. The lowest BCUT2D eigenvalue weighted by atomic mass is 10.1. The first-order chi connectivity index (χ1) is 9.28. The van der Waals surface area contributed by atoms with Crippen molar-refractivity contribution in [2.75, 3.05) is 0 Å². The molecule has 0 bridgehead atoms. The van der Waals surface area contributed by atoms with E-state index >= 15 is 0 Å². The maximum absolute atomic E-state index is 9.14.